The maximum Gasteiger partial charge on any atom is 0.159 e. The van der Waals surface area contributed by atoms with E-state index in [4.69, 9.17) is 4.42 Å². The van der Waals surface area contributed by atoms with Gasteiger partial charge in [-0.1, -0.05) is 146 Å². The van der Waals surface area contributed by atoms with Crippen LogP contribution in [-0.2, 0) is 0 Å². The van der Waals surface area contributed by atoms with Gasteiger partial charge >= 0.3 is 0 Å². The first-order chi connectivity index (χ1) is 24.3. The smallest absolute Gasteiger partial charge is 0.159 e. The van der Waals surface area contributed by atoms with Crippen molar-refractivity contribution >= 4 is 81.3 Å². The van der Waals surface area contributed by atoms with Crippen LogP contribution in [0.3, 0.4) is 0 Å². The lowest BCUT2D eigenvalue weighted by Gasteiger charge is -2.27. The minimum absolute atomic E-state index is 0.869. The van der Waals surface area contributed by atoms with Gasteiger partial charge in [-0.2, -0.15) is 0 Å². The molecule has 0 aliphatic heterocycles. The number of rotatable bonds is 5. The lowest BCUT2D eigenvalue weighted by molar-refractivity contribution is 0.670. The maximum absolute atomic E-state index is 6.99. The second-order valence-corrected chi connectivity index (χ2v) is 13.5. The molecule has 2 nitrogen and oxygen atoms in total. The van der Waals surface area contributed by atoms with Gasteiger partial charge in [0.25, 0.3) is 0 Å². The summed E-state index contributed by atoms with van der Waals surface area (Å²) in [5.74, 6) is 0. The van der Waals surface area contributed by atoms with E-state index in [0.717, 1.165) is 50.1 Å². The third-order valence-electron chi connectivity index (χ3n) is 9.68. The van der Waals surface area contributed by atoms with Crippen LogP contribution in [0.1, 0.15) is 0 Å². The lowest BCUT2D eigenvalue weighted by atomic mass is 9.96. The van der Waals surface area contributed by atoms with Crippen LogP contribution >= 0.6 is 11.3 Å². The van der Waals surface area contributed by atoms with Crippen LogP contribution in [0, 0.1) is 0 Å². The first-order valence-electron chi connectivity index (χ1n) is 16.6. The van der Waals surface area contributed by atoms with Gasteiger partial charge < -0.3 is 9.32 Å². The highest BCUT2D eigenvalue weighted by atomic mass is 32.1. The minimum atomic E-state index is 0.869. The van der Waals surface area contributed by atoms with Crippen molar-refractivity contribution in [3.8, 4) is 22.3 Å². The van der Waals surface area contributed by atoms with E-state index in [2.05, 4.69) is 181 Å². The molecule has 0 aliphatic carbocycles. The summed E-state index contributed by atoms with van der Waals surface area (Å²) < 4.78 is 9.55. The average Bonchev–Trinajstić information content (AvgIpc) is 3.74. The van der Waals surface area contributed by atoms with Crippen LogP contribution < -0.4 is 4.90 Å². The van der Waals surface area contributed by atoms with Gasteiger partial charge in [-0.25, -0.2) is 0 Å². The molecule has 0 aliphatic rings. The molecule has 0 unspecified atom stereocenters. The van der Waals surface area contributed by atoms with Gasteiger partial charge in [-0.05, 0) is 52.4 Å². The van der Waals surface area contributed by atoms with Gasteiger partial charge in [0.05, 0.1) is 11.4 Å². The fraction of sp³-hybridized carbons (Fsp3) is 0. The Morgan fingerprint density at radius 2 is 0.980 bits per heavy atom. The molecule has 0 N–H and O–H groups in total. The van der Waals surface area contributed by atoms with Crippen LogP contribution in [0.5, 0.6) is 0 Å². The first-order valence-corrected chi connectivity index (χ1v) is 17.4. The molecule has 0 fully saturated rings. The van der Waals surface area contributed by atoms with Crippen molar-refractivity contribution in [3.05, 3.63) is 176 Å². The summed E-state index contributed by atoms with van der Waals surface area (Å²) in [5, 5.41) is 7.18. The summed E-state index contributed by atoms with van der Waals surface area (Å²) in [6.45, 7) is 0. The third-order valence-corrected chi connectivity index (χ3v) is 10.8. The summed E-state index contributed by atoms with van der Waals surface area (Å²) in [5.41, 5.74) is 9.63. The van der Waals surface area contributed by atoms with Gasteiger partial charge in [-0.15, -0.1) is 11.3 Å². The molecule has 10 rings (SSSR count). The quantitative estimate of drug-likeness (QED) is 0.186. The highest BCUT2D eigenvalue weighted by molar-refractivity contribution is 7.25. The third kappa shape index (κ3) is 4.47. The molecule has 0 bridgehead atoms. The zero-order valence-corrected chi connectivity index (χ0v) is 27.3. The van der Waals surface area contributed by atoms with E-state index in [1.54, 1.807) is 0 Å². The Bertz CT molecular complexity index is 2830. The molecule has 0 amide bonds. The molecule has 2 aromatic heterocycles. The van der Waals surface area contributed by atoms with Crippen molar-refractivity contribution in [1.82, 2.24) is 0 Å². The Morgan fingerprint density at radius 3 is 1.78 bits per heavy atom. The van der Waals surface area contributed by atoms with Crippen molar-refractivity contribution < 1.29 is 4.42 Å². The van der Waals surface area contributed by atoms with Crippen molar-refractivity contribution in [2.45, 2.75) is 0 Å². The highest BCUT2D eigenvalue weighted by Crippen LogP contribution is 2.48. The molecule has 8 aromatic carbocycles. The molecular formula is C46H29NOS. The standard InChI is InChI=1S/C46H29NOS/c1-3-13-30(14-4-1)33-27-28-41(36-18-8-7-17-35(33)36)47(32-25-26-38-37-19-9-10-24-43(37)49-44(38)29-32)42-23-12-22-40-39-21-11-20-34(45(39)48-46(40)42)31-15-5-2-6-16-31/h1-29H. The van der Waals surface area contributed by atoms with Crippen LogP contribution in [0.25, 0.3) is 75.1 Å². The Morgan fingerprint density at radius 1 is 0.367 bits per heavy atom. The SMILES string of the molecule is c1ccc(-c2ccc(N(c3ccc4c(c3)sc3ccccc34)c3cccc4c3oc3c(-c5ccccc5)cccc34)c3ccccc23)cc1. The lowest BCUT2D eigenvalue weighted by Crippen LogP contribution is -2.11. The molecule has 230 valence electrons. The topological polar surface area (TPSA) is 16.4 Å². The number of fused-ring (bicyclic) bond motifs is 7. The second kappa shape index (κ2) is 11.2. The van der Waals surface area contributed by atoms with E-state index in [-0.39, 0.29) is 0 Å². The Labute approximate surface area is 287 Å². The number of anilines is 3. The maximum atomic E-state index is 6.99. The Kier molecular flexibility index (Phi) is 6.39. The summed E-state index contributed by atoms with van der Waals surface area (Å²) in [7, 11) is 0. The molecule has 0 radical (unpaired) electrons. The number of hydrogen-bond donors (Lipinski definition) is 0. The number of furan rings is 1. The van der Waals surface area contributed by atoms with Crippen LogP contribution in [0.4, 0.5) is 17.1 Å². The van der Waals surface area contributed by atoms with E-state index in [0.29, 0.717) is 0 Å². The van der Waals surface area contributed by atoms with Crippen molar-refractivity contribution in [1.29, 1.82) is 0 Å². The van der Waals surface area contributed by atoms with E-state index in [9.17, 15) is 0 Å². The Balaban J connectivity index is 1.27. The minimum Gasteiger partial charge on any atom is -0.453 e. The molecular weight excluding hydrogens is 615 g/mol. The molecule has 2 heterocycles. The largest absolute Gasteiger partial charge is 0.453 e. The normalized spacial score (nSPS) is 11.7. The van der Waals surface area contributed by atoms with Crippen LogP contribution in [0.15, 0.2) is 180 Å². The van der Waals surface area contributed by atoms with Crippen molar-refractivity contribution in [2.24, 2.45) is 0 Å². The Hall–Kier alpha value is -6.16. The molecule has 10 aromatic rings. The average molecular weight is 644 g/mol. The van der Waals surface area contributed by atoms with E-state index < -0.39 is 0 Å². The zero-order chi connectivity index (χ0) is 32.3. The second-order valence-electron chi connectivity index (χ2n) is 12.5. The number of thiophene rings is 1. The van der Waals surface area contributed by atoms with Crippen LogP contribution in [-0.4, -0.2) is 0 Å². The first kappa shape index (κ1) is 27.9. The van der Waals surface area contributed by atoms with Gasteiger partial charge in [0.15, 0.2) is 5.58 Å². The highest BCUT2D eigenvalue weighted by Gasteiger charge is 2.23. The monoisotopic (exact) mass is 643 g/mol. The molecule has 3 heteroatoms. The fourth-order valence-electron chi connectivity index (χ4n) is 7.44. The molecule has 49 heavy (non-hydrogen) atoms. The number of nitrogens with zero attached hydrogens (tertiary/aromatic N) is 1. The van der Waals surface area contributed by atoms with Gasteiger partial charge in [0.2, 0.25) is 0 Å². The summed E-state index contributed by atoms with van der Waals surface area (Å²) in [6.07, 6.45) is 0. The number of hydrogen-bond acceptors (Lipinski definition) is 3. The zero-order valence-electron chi connectivity index (χ0n) is 26.5. The predicted molar refractivity (Wildman–Crippen MR) is 210 cm³/mol. The number of para-hydroxylation sites is 2. The molecule has 0 atom stereocenters. The summed E-state index contributed by atoms with van der Waals surface area (Å²) >= 11 is 1.84. The van der Waals surface area contributed by atoms with Crippen molar-refractivity contribution in [3.63, 3.8) is 0 Å². The fourth-order valence-corrected chi connectivity index (χ4v) is 8.57. The van der Waals surface area contributed by atoms with Gasteiger partial charge in [-0.3, -0.25) is 0 Å². The molecule has 0 spiro atoms. The summed E-state index contributed by atoms with van der Waals surface area (Å²) in [6, 6.07) is 63.1. The predicted octanol–water partition coefficient (Wildman–Crippen LogP) is 13.9. The number of benzene rings is 8. The van der Waals surface area contributed by atoms with Crippen LogP contribution in [0.2, 0.25) is 0 Å². The molecule has 0 saturated heterocycles. The van der Waals surface area contributed by atoms with E-state index in [1.165, 1.54) is 42.1 Å². The van der Waals surface area contributed by atoms with E-state index >= 15 is 0 Å². The van der Waals surface area contributed by atoms with E-state index in [1.807, 2.05) is 11.3 Å². The summed E-state index contributed by atoms with van der Waals surface area (Å²) in [4.78, 5) is 2.40. The van der Waals surface area contributed by atoms with Gasteiger partial charge in [0.1, 0.15) is 5.58 Å². The molecule has 0 saturated carbocycles. The van der Waals surface area contributed by atoms with Gasteiger partial charge in [0, 0.05) is 47.6 Å². The van der Waals surface area contributed by atoms with Crippen molar-refractivity contribution in [2.75, 3.05) is 4.90 Å².